The molecule has 0 unspecified atom stereocenters. The van der Waals surface area contributed by atoms with Gasteiger partial charge in [0.05, 0.1) is 17.1 Å². The summed E-state index contributed by atoms with van der Waals surface area (Å²) in [5, 5.41) is 4.39. The van der Waals surface area contributed by atoms with Crippen LogP contribution < -0.4 is 5.32 Å². The van der Waals surface area contributed by atoms with Crippen LogP contribution in [-0.2, 0) is 0 Å². The van der Waals surface area contributed by atoms with Crippen LogP contribution in [0.3, 0.4) is 0 Å². The Balaban J connectivity index is 1.76. The number of rotatable bonds is 6. The van der Waals surface area contributed by atoms with Crippen molar-refractivity contribution in [1.82, 2.24) is 20.3 Å². The van der Waals surface area contributed by atoms with Gasteiger partial charge in [-0.3, -0.25) is 9.78 Å². The molecule has 3 rings (SSSR count). The van der Waals surface area contributed by atoms with Gasteiger partial charge >= 0.3 is 12.3 Å². The summed E-state index contributed by atoms with van der Waals surface area (Å²) in [4.78, 5) is 25.3. The molecule has 0 saturated carbocycles. The minimum absolute atomic E-state index is 0.115. The number of amides is 1. The molecule has 27 heavy (non-hydrogen) atoms. The fraction of sp³-hybridized carbons (Fsp3) is 0.250. The summed E-state index contributed by atoms with van der Waals surface area (Å²) in [6, 6.07) is 3.64. The Hall–Kier alpha value is -2.40. The van der Waals surface area contributed by atoms with Crippen LogP contribution in [0, 0.1) is 6.92 Å². The standard InChI is InChI=1S/C16H12F4N4OS2/c1-8-11(27-13(23-8)9-3-2-4-21-5-9)14-24-10(6-26-14)12(25)22-7-16(19,20)15(17)18/h2-6,15H,7H2,1H3,(H,22,25). The molecular weight excluding hydrogens is 404 g/mol. The van der Waals surface area contributed by atoms with Gasteiger partial charge in [0.25, 0.3) is 5.91 Å². The predicted octanol–water partition coefficient (Wildman–Crippen LogP) is 4.27. The van der Waals surface area contributed by atoms with Gasteiger partial charge in [-0.05, 0) is 19.1 Å². The van der Waals surface area contributed by atoms with Crippen LogP contribution in [0.15, 0.2) is 29.9 Å². The average molecular weight is 416 g/mol. The Morgan fingerprint density at radius 3 is 2.74 bits per heavy atom. The molecule has 0 spiro atoms. The summed E-state index contributed by atoms with van der Waals surface area (Å²) in [7, 11) is 0. The minimum Gasteiger partial charge on any atom is -0.344 e. The topological polar surface area (TPSA) is 67.8 Å². The van der Waals surface area contributed by atoms with E-state index < -0.39 is 24.8 Å². The van der Waals surface area contributed by atoms with Crippen molar-refractivity contribution in [2.45, 2.75) is 19.3 Å². The molecule has 3 heterocycles. The smallest absolute Gasteiger partial charge is 0.324 e. The first-order valence-electron chi connectivity index (χ1n) is 7.56. The third-order valence-corrected chi connectivity index (χ3v) is 5.64. The first-order chi connectivity index (χ1) is 12.8. The fourth-order valence-electron chi connectivity index (χ4n) is 2.06. The third-order valence-electron chi connectivity index (χ3n) is 3.44. The summed E-state index contributed by atoms with van der Waals surface area (Å²) in [6.07, 6.45) is -0.533. The highest BCUT2D eigenvalue weighted by atomic mass is 32.1. The van der Waals surface area contributed by atoms with Crippen molar-refractivity contribution in [3.63, 3.8) is 0 Å². The maximum absolute atomic E-state index is 12.9. The van der Waals surface area contributed by atoms with E-state index in [4.69, 9.17) is 0 Å². The first kappa shape index (κ1) is 19.4. The maximum atomic E-state index is 12.9. The van der Waals surface area contributed by atoms with Crippen LogP contribution in [-0.4, -0.2) is 39.8 Å². The number of thiazole rings is 2. The van der Waals surface area contributed by atoms with E-state index in [0.717, 1.165) is 26.8 Å². The van der Waals surface area contributed by atoms with Crippen LogP contribution >= 0.6 is 22.7 Å². The number of alkyl halides is 4. The lowest BCUT2D eigenvalue weighted by Crippen LogP contribution is -2.41. The molecule has 0 fully saturated rings. The first-order valence-corrected chi connectivity index (χ1v) is 9.25. The number of nitrogens with one attached hydrogen (secondary N) is 1. The molecule has 5 nitrogen and oxygen atoms in total. The molecule has 0 aliphatic heterocycles. The molecule has 0 aliphatic rings. The van der Waals surface area contributed by atoms with Crippen LogP contribution in [0.2, 0.25) is 0 Å². The number of hydrogen-bond acceptors (Lipinski definition) is 6. The van der Waals surface area contributed by atoms with Crippen molar-refractivity contribution in [3.05, 3.63) is 41.3 Å². The number of hydrogen-bond donors (Lipinski definition) is 1. The molecule has 0 atom stereocenters. The van der Waals surface area contributed by atoms with E-state index in [1.165, 1.54) is 16.7 Å². The van der Waals surface area contributed by atoms with Gasteiger partial charge in [0, 0.05) is 23.3 Å². The van der Waals surface area contributed by atoms with Gasteiger partial charge in [-0.25, -0.2) is 18.7 Å². The zero-order chi connectivity index (χ0) is 19.6. The molecule has 3 aromatic rings. The number of halogens is 4. The van der Waals surface area contributed by atoms with Crippen molar-refractivity contribution in [3.8, 4) is 20.5 Å². The lowest BCUT2D eigenvalue weighted by molar-refractivity contribution is -0.123. The molecule has 1 amide bonds. The normalized spacial score (nSPS) is 11.8. The van der Waals surface area contributed by atoms with Gasteiger partial charge in [0.1, 0.15) is 15.7 Å². The van der Waals surface area contributed by atoms with Gasteiger partial charge in [-0.2, -0.15) is 8.78 Å². The zero-order valence-electron chi connectivity index (χ0n) is 13.7. The SMILES string of the molecule is Cc1nc(-c2cccnc2)sc1-c1nc(C(=O)NCC(F)(F)C(F)F)cs1. The van der Waals surface area contributed by atoms with Gasteiger partial charge in [0.2, 0.25) is 0 Å². The average Bonchev–Trinajstić information content (AvgIpc) is 3.27. The highest BCUT2D eigenvalue weighted by molar-refractivity contribution is 7.23. The van der Waals surface area contributed by atoms with Crippen LogP contribution in [0.4, 0.5) is 17.6 Å². The zero-order valence-corrected chi connectivity index (χ0v) is 15.4. The lowest BCUT2D eigenvalue weighted by atomic mass is 10.3. The molecule has 142 valence electrons. The molecule has 0 bridgehead atoms. The number of nitrogens with zero attached hydrogens (tertiary/aromatic N) is 3. The Bertz CT molecular complexity index is 943. The van der Waals surface area contributed by atoms with E-state index in [0.29, 0.717) is 10.7 Å². The summed E-state index contributed by atoms with van der Waals surface area (Å²) < 4.78 is 50.1. The van der Waals surface area contributed by atoms with E-state index in [9.17, 15) is 22.4 Å². The molecule has 11 heteroatoms. The van der Waals surface area contributed by atoms with Crippen molar-refractivity contribution < 1.29 is 22.4 Å². The van der Waals surface area contributed by atoms with Crippen LogP contribution in [0.25, 0.3) is 20.5 Å². The van der Waals surface area contributed by atoms with Crippen molar-refractivity contribution in [1.29, 1.82) is 0 Å². The summed E-state index contributed by atoms with van der Waals surface area (Å²) in [6.45, 7) is 0.330. The number of aromatic nitrogens is 3. The second-order valence-corrected chi connectivity index (χ2v) is 7.31. The van der Waals surface area contributed by atoms with E-state index in [1.807, 2.05) is 6.07 Å². The molecule has 0 aromatic carbocycles. The van der Waals surface area contributed by atoms with Crippen LogP contribution in [0.1, 0.15) is 16.2 Å². The third kappa shape index (κ3) is 4.30. The Morgan fingerprint density at radius 1 is 1.30 bits per heavy atom. The number of carbonyl (C=O) groups excluding carboxylic acids is 1. The molecule has 3 aromatic heterocycles. The molecule has 1 N–H and O–H groups in total. The fourth-order valence-corrected chi connectivity index (χ4v) is 4.05. The summed E-state index contributed by atoms with van der Waals surface area (Å²) in [5.41, 5.74) is 1.42. The maximum Gasteiger partial charge on any atom is 0.324 e. The Kier molecular flexibility index (Phi) is 5.51. The van der Waals surface area contributed by atoms with Gasteiger partial charge < -0.3 is 5.32 Å². The van der Waals surface area contributed by atoms with Gasteiger partial charge in [-0.15, -0.1) is 22.7 Å². The van der Waals surface area contributed by atoms with Crippen LogP contribution in [0.5, 0.6) is 0 Å². The molecular formula is C16H12F4N4OS2. The second kappa shape index (κ2) is 7.69. The van der Waals surface area contributed by atoms with Gasteiger partial charge in [-0.1, -0.05) is 0 Å². The van der Waals surface area contributed by atoms with Gasteiger partial charge in [0.15, 0.2) is 0 Å². The van der Waals surface area contributed by atoms with E-state index in [2.05, 4.69) is 15.0 Å². The summed E-state index contributed by atoms with van der Waals surface area (Å²) >= 11 is 2.50. The monoisotopic (exact) mass is 416 g/mol. The van der Waals surface area contributed by atoms with E-state index in [-0.39, 0.29) is 5.69 Å². The summed E-state index contributed by atoms with van der Waals surface area (Å²) in [5.74, 6) is -5.23. The Morgan fingerprint density at radius 2 is 2.07 bits per heavy atom. The lowest BCUT2D eigenvalue weighted by Gasteiger charge is -2.15. The quantitative estimate of drug-likeness (QED) is 0.610. The predicted molar refractivity (Wildman–Crippen MR) is 94.5 cm³/mol. The molecule has 0 aliphatic carbocycles. The van der Waals surface area contributed by atoms with Crippen molar-refractivity contribution in [2.75, 3.05) is 6.54 Å². The molecule has 0 saturated heterocycles. The van der Waals surface area contributed by atoms with Crippen molar-refractivity contribution >= 4 is 28.6 Å². The highest BCUT2D eigenvalue weighted by Crippen LogP contribution is 2.36. The minimum atomic E-state index is -4.29. The van der Waals surface area contributed by atoms with E-state index in [1.54, 1.807) is 30.7 Å². The highest BCUT2D eigenvalue weighted by Gasteiger charge is 2.41. The second-order valence-electron chi connectivity index (χ2n) is 5.46. The largest absolute Gasteiger partial charge is 0.344 e. The molecule has 0 radical (unpaired) electrons. The number of carbonyl (C=O) groups is 1. The Labute approximate surface area is 159 Å². The van der Waals surface area contributed by atoms with E-state index >= 15 is 0 Å². The number of aryl methyl sites for hydroxylation is 1. The number of pyridine rings is 1. The van der Waals surface area contributed by atoms with Crippen molar-refractivity contribution in [2.24, 2.45) is 0 Å².